The number of anilines is 2. The number of piperidine rings is 1. The first-order valence-electron chi connectivity index (χ1n) is 10.5. The van der Waals surface area contributed by atoms with Crippen molar-refractivity contribution in [1.82, 2.24) is 4.90 Å². The van der Waals surface area contributed by atoms with Crippen LogP contribution in [0, 0.1) is 5.92 Å². The van der Waals surface area contributed by atoms with Gasteiger partial charge in [0.05, 0.1) is 5.92 Å². The van der Waals surface area contributed by atoms with Gasteiger partial charge in [-0.2, -0.15) is 0 Å². The number of fused-ring (bicyclic) bond motifs is 1. The quantitative estimate of drug-likeness (QED) is 0.667. The van der Waals surface area contributed by atoms with Crippen LogP contribution in [0.15, 0.2) is 66.7 Å². The Hall–Kier alpha value is -3.67. The average Bonchev–Trinajstić information content (AvgIpc) is 2.78. The molecule has 0 bridgehead atoms. The monoisotopic (exact) mass is 415 g/mol. The first kappa shape index (κ1) is 20.6. The van der Waals surface area contributed by atoms with Crippen LogP contribution in [0.1, 0.15) is 30.1 Å². The zero-order chi connectivity index (χ0) is 21.8. The Labute approximate surface area is 181 Å². The molecule has 31 heavy (non-hydrogen) atoms. The van der Waals surface area contributed by atoms with E-state index in [4.69, 9.17) is 0 Å². The van der Waals surface area contributed by atoms with E-state index < -0.39 is 0 Å². The second-order valence-corrected chi connectivity index (χ2v) is 7.87. The first-order valence-corrected chi connectivity index (χ1v) is 10.5. The number of rotatable bonds is 4. The summed E-state index contributed by atoms with van der Waals surface area (Å²) in [5, 5.41) is 7.59. The lowest BCUT2D eigenvalue weighted by atomic mass is 9.95. The summed E-state index contributed by atoms with van der Waals surface area (Å²) >= 11 is 0. The maximum absolute atomic E-state index is 13.2. The molecule has 6 nitrogen and oxygen atoms in total. The highest BCUT2D eigenvalue weighted by Gasteiger charge is 2.29. The highest BCUT2D eigenvalue weighted by molar-refractivity contribution is 6.07. The summed E-state index contributed by atoms with van der Waals surface area (Å²) in [6, 6.07) is 20.6. The van der Waals surface area contributed by atoms with Gasteiger partial charge in [-0.1, -0.05) is 42.5 Å². The number of hydrogen-bond donors (Lipinski definition) is 2. The van der Waals surface area contributed by atoms with Crippen LogP contribution in [0.25, 0.3) is 10.8 Å². The molecule has 1 aliphatic heterocycles. The van der Waals surface area contributed by atoms with Gasteiger partial charge in [0.2, 0.25) is 11.8 Å². The third-order valence-electron chi connectivity index (χ3n) is 5.55. The highest BCUT2D eigenvalue weighted by atomic mass is 16.2. The molecule has 0 unspecified atom stereocenters. The number of benzene rings is 3. The fourth-order valence-electron chi connectivity index (χ4n) is 4.08. The predicted molar refractivity (Wildman–Crippen MR) is 122 cm³/mol. The van der Waals surface area contributed by atoms with E-state index >= 15 is 0 Å². The van der Waals surface area contributed by atoms with Crippen LogP contribution in [-0.4, -0.2) is 35.7 Å². The molecule has 1 heterocycles. The third kappa shape index (κ3) is 4.74. The van der Waals surface area contributed by atoms with Gasteiger partial charge in [-0.05, 0) is 47.9 Å². The van der Waals surface area contributed by atoms with Crippen LogP contribution >= 0.6 is 0 Å². The maximum atomic E-state index is 13.2. The fourth-order valence-corrected chi connectivity index (χ4v) is 4.08. The minimum absolute atomic E-state index is 0.0399. The molecule has 4 rings (SSSR count). The lowest BCUT2D eigenvalue weighted by molar-refractivity contribution is -0.121. The van der Waals surface area contributed by atoms with Gasteiger partial charge in [0, 0.05) is 37.0 Å². The smallest absolute Gasteiger partial charge is 0.254 e. The Morgan fingerprint density at radius 1 is 0.903 bits per heavy atom. The summed E-state index contributed by atoms with van der Waals surface area (Å²) in [7, 11) is 0. The SMILES string of the molecule is CC(=O)Nc1cccc(NC(=O)[C@@H]2CCCN(C(=O)c3cccc4ccccc34)C2)c1. The molecule has 1 atom stereocenters. The Morgan fingerprint density at radius 3 is 2.42 bits per heavy atom. The van der Waals surface area contributed by atoms with E-state index in [0.717, 1.165) is 23.6 Å². The molecular weight excluding hydrogens is 390 g/mol. The van der Waals surface area contributed by atoms with E-state index in [0.29, 0.717) is 30.0 Å². The van der Waals surface area contributed by atoms with Crippen LogP contribution < -0.4 is 10.6 Å². The van der Waals surface area contributed by atoms with E-state index in [-0.39, 0.29) is 23.6 Å². The van der Waals surface area contributed by atoms with Gasteiger partial charge in [0.25, 0.3) is 5.91 Å². The molecule has 1 aliphatic rings. The predicted octanol–water partition coefficient (Wildman–Crippen LogP) is 4.29. The molecule has 0 spiro atoms. The molecule has 3 aromatic rings. The Bertz CT molecular complexity index is 1140. The zero-order valence-electron chi connectivity index (χ0n) is 17.4. The average molecular weight is 415 g/mol. The van der Waals surface area contributed by atoms with Gasteiger partial charge >= 0.3 is 0 Å². The van der Waals surface area contributed by atoms with Gasteiger partial charge in [-0.25, -0.2) is 0 Å². The molecule has 1 fully saturated rings. The van der Waals surface area contributed by atoms with Gasteiger partial charge in [-0.15, -0.1) is 0 Å². The van der Waals surface area contributed by atoms with Crippen molar-refractivity contribution in [2.24, 2.45) is 5.92 Å². The molecular formula is C25H25N3O3. The van der Waals surface area contributed by atoms with Crippen molar-refractivity contribution in [3.63, 3.8) is 0 Å². The van der Waals surface area contributed by atoms with Gasteiger partial charge in [0.1, 0.15) is 0 Å². The molecule has 6 heteroatoms. The van der Waals surface area contributed by atoms with Crippen LogP contribution in [0.4, 0.5) is 11.4 Å². The van der Waals surface area contributed by atoms with Crippen molar-refractivity contribution in [3.05, 3.63) is 72.3 Å². The topological polar surface area (TPSA) is 78.5 Å². The number of hydrogen-bond acceptors (Lipinski definition) is 3. The molecule has 3 amide bonds. The minimum atomic E-state index is -0.280. The van der Waals surface area contributed by atoms with Crippen molar-refractivity contribution < 1.29 is 14.4 Å². The standard InChI is InChI=1S/C25H25N3O3/c1-17(29)26-20-10-5-11-21(15-20)27-24(30)19-9-6-14-28(16-19)25(31)23-13-4-8-18-7-2-3-12-22(18)23/h2-5,7-8,10-13,15,19H,6,9,14,16H2,1H3,(H,26,29)(H,27,30)/t19-/m1/s1. The van der Waals surface area contributed by atoms with E-state index in [1.54, 1.807) is 29.2 Å². The van der Waals surface area contributed by atoms with Crippen molar-refractivity contribution >= 4 is 39.9 Å². The zero-order valence-corrected chi connectivity index (χ0v) is 17.4. The summed E-state index contributed by atoms with van der Waals surface area (Å²) in [5.74, 6) is -0.604. The van der Waals surface area contributed by atoms with Crippen molar-refractivity contribution in [3.8, 4) is 0 Å². The number of carbonyl (C=O) groups is 3. The molecule has 0 aliphatic carbocycles. The Kier molecular flexibility index (Phi) is 5.98. The number of nitrogens with one attached hydrogen (secondary N) is 2. The summed E-state index contributed by atoms with van der Waals surface area (Å²) in [4.78, 5) is 39.2. The molecule has 158 valence electrons. The van der Waals surface area contributed by atoms with E-state index in [1.807, 2.05) is 42.5 Å². The third-order valence-corrected chi connectivity index (χ3v) is 5.55. The van der Waals surface area contributed by atoms with Gasteiger partial charge in [-0.3, -0.25) is 14.4 Å². The maximum Gasteiger partial charge on any atom is 0.254 e. The van der Waals surface area contributed by atoms with Gasteiger partial charge in [0.15, 0.2) is 0 Å². The molecule has 2 N–H and O–H groups in total. The number of carbonyl (C=O) groups excluding carboxylic acids is 3. The largest absolute Gasteiger partial charge is 0.338 e. The van der Waals surface area contributed by atoms with Gasteiger partial charge < -0.3 is 15.5 Å². The fraction of sp³-hybridized carbons (Fsp3) is 0.240. The number of likely N-dealkylation sites (tertiary alicyclic amines) is 1. The summed E-state index contributed by atoms with van der Waals surface area (Å²) < 4.78 is 0. The van der Waals surface area contributed by atoms with E-state index in [1.165, 1.54) is 6.92 Å². The number of nitrogens with zero attached hydrogens (tertiary/aromatic N) is 1. The van der Waals surface area contributed by atoms with Crippen LogP contribution in [0.5, 0.6) is 0 Å². The summed E-state index contributed by atoms with van der Waals surface area (Å²) in [6.07, 6.45) is 1.51. The van der Waals surface area contributed by atoms with Crippen LogP contribution in [-0.2, 0) is 9.59 Å². The molecule has 0 aromatic heterocycles. The summed E-state index contributed by atoms with van der Waals surface area (Å²) in [5.41, 5.74) is 1.91. The molecule has 3 aromatic carbocycles. The van der Waals surface area contributed by atoms with Crippen LogP contribution in [0.2, 0.25) is 0 Å². The molecule has 1 saturated heterocycles. The van der Waals surface area contributed by atoms with E-state index in [2.05, 4.69) is 10.6 Å². The van der Waals surface area contributed by atoms with Crippen molar-refractivity contribution in [2.45, 2.75) is 19.8 Å². The molecule has 0 saturated carbocycles. The lowest BCUT2D eigenvalue weighted by Crippen LogP contribution is -2.43. The number of amides is 3. The summed E-state index contributed by atoms with van der Waals surface area (Å²) in [6.45, 7) is 2.47. The Morgan fingerprint density at radius 2 is 1.61 bits per heavy atom. The lowest BCUT2D eigenvalue weighted by Gasteiger charge is -2.32. The minimum Gasteiger partial charge on any atom is -0.338 e. The normalized spacial score (nSPS) is 16.0. The molecule has 0 radical (unpaired) electrons. The van der Waals surface area contributed by atoms with Crippen LogP contribution in [0.3, 0.4) is 0 Å². The second-order valence-electron chi connectivity index (χ2n) is 7.87. The first-order chi connectivity index (χ1) is 15.0. The second kappa shape index (κ2) is 9.00. The van der Waals surface area contributed by atoms with Crippen molar-refractivity contribution in [2.75, 3.05) is 23.7 Å². The van der Waals surface area contributed by atoms with Crippen molar-refractivity contribution in [1.29, 1.82) is 0 Å². The Balaban J connectivity index is 1.46. The van der Waals surface area contributed by atoms with E-state index in [9.17, 15) is 14.4 Å². The highest BCUT2D eigenvalue weighted by Crippen LogP contribution is 2.25.